The Labute approximate surface area is 176 Å². The lowest BCUT2D eigenvalue weighted by Gasteiger charge is -2.24. The van der Waals surface area contributed by atoms with E-state index >= 15 is 0 Å². The summed E-state index contributed by atoms with van der Waals surface area (Å²) in [7, 11) is 3.40. The normalized spacial score (nSPS) is 12.0. The molecule has 0 bridgehead atoms. The lowest BCUT2D eigenvalue weighted by atomic mass is 10.1. The average molecular weight is 406 g/mol. The summed E-state index contributed by atoms with van der Waals surface area (Å²) >= 11 is 0. The maximum absolute atomic E-state index is 12.7. The van der Waals surface area contributed by atoms with Crippen molar-refractivity contribution in [2.24, 2.45) is 0 Å². The van der Waals surface area contributed by atoms with Crippen LogP contribution in [0.2, 0.25) is 0 Å². The third-order valence-corrected chi connectivity index (χ3v) is 4.89. The highest BCUT2D eigenvalue weighted by molar-refractivity contribution is 5.92. The number of aromatic nitrogens is 3. The highest BCUT2D eigenvalue weighted by Crippen LogP contribution is 2.28. The molecule has 0 radical (unpaired) electrons. The lowest BCUT2D eigenvalue weighted by molar-refractivity contribution is -0.126. The molecule has 0 saturated heterocycles. The van der Waals surface area contributed by atoms with E-state index in [1.165, 1.54) is 6.33 Å². The third-order valence-electron chi connectivity index (χ3n) is 4.89. The van der Waals surface area contributed by atoms with Gasteiger partial charge in [-0.15, -0.1) is 0 Å². The zero-order valence-corrected chi connectivity index (χ0v) is 17.6. The monoisotopic (exact) mass is 406 g/mol. The minimum Gasteiger partial charge on any atom is -0.493 e. The fourth-order valence-corrected chi connectivity index (χ4v) is 3.01. The number of hydrogen-bond acceptors (Lipinski definition) is 5. The summed E-state index contributed by atoms with van der Waals surface area (Å²) in [6, 6.07) is 13.4. The van der Waals surface area contributed by atoms with Gasteiger partial charge in [0.25, 0.3) is 0 Å². The van der Waals surface area contributed by atoms with Crippen LogP contribution in [0.4, 0.5) is 0 Å². The third kappa shape index (κ3) is 4.86. The fourth-order valence-electron chi connectivity index (χ4n) is 3.01. The second-order valence-electron chi connectivity index (χ2n) is 6.73. The number of amides is 1. The number of methoxy groups -OCH3 is 1. The molecule has 7 nitrogen and oxygen atoms in total. The first kappa shape index (κ1) is 21.1. The van der Waals surface area contributed by atoms with Crippen LogP contribution in [0.1, 0.15) is 31.0 Å². The molecule has 3 rings (SSSR count). The topological polar surface area (TPSA) is 69.5 Å². The van der Waals surface area contributed by atoms with Crippen molar-refractivity contribution >= 4 is 12.0 Å². The Morgan fingerprint density at radius 1 is 1.20 bits per heavy atom. The summed E-state index contributed by atoms with van der Waals surface area (Å²) in [6.45, 7) is 4.45. The Kier molecular flexibility index (Phi) is 6.85. The summed E-state index contributed by atoms with van der Waals surface area (Å²) in [5.74, 6) is 1.24. The quantitative estimate of drug-likeness (QED) is 0.531. The molecule has 1 heterocycles. The number of likely N-dealkylation sites (N-methyl/N-ethyl adjacent to an activating group) is 1. The van der Waals surface area contributed by atoms with Crippen molar-refractivity contribution < 1.29 is 14.3 Å². The molecular formula is C23H26N4O3. The Balaban J connectivity index is 1.68. The van der Waals surface area contributed by atoms with Crippen LogP contribution in [0.25, 0.3) is 11.8 Å². The number of ether oxygens (including phenoxy) is 2. The molecule has 1 amide bonds. The molecule has 0 aliphatic heterocycles. The van der Waals surface area contributed by atoms with Crippen molar-refractivity contribution in [1.82, 2.24) is 19.7 Å². The summed E-state index contributed by atoms with van der Waals surface area (Å²) in [4.78, 5) is 18.3. The van der Waals surface area contributed by atoms with Gasteiger partial charge in [0.15, 0.2) is 11.5 Å². The van der Waals surface area contributed by atoms with Crippen molar-refractivity contribution in [1.29, 1.82) is 0 Å². The Bertz CT molecular complexity index is 998. The van der Waals surface area contributed by atoms with Crippen LogP contribution in [0.15, 0.2) is 61.2 Å². The maximum Gasteiger partial charge on any atom is 0.246 e. The van der Waals surface area contributed by atoms with E-state index in [9.17, 15) is 4.79 Å². The number of nitrogens with zero attached hydrogens (tertiary/aromatic N) is 4. The molecule has 0 spiro atoms. The predicted molar refractivity (Wildman–Crippen MR) is 116 cm³/mol. The van der Waals surface area contributed by atoms with Gasteiger partial charge in [-0.25, -0.2) is 9.67 Å². The average Bonchev–Trinajstić information content (AvgIpc) is 3.32. The first-order chi connectivity index (χ1) is 14.5. The first-order valence-corrected chi connectivity index (χ1v) is 9.74. The van der Waals surface area contributed by atoms with Gasteiger partial charge in [0.05, 0.1) is 25.4 Å². The van der Waals surface area contributed by atoms with Crippen molar-refractivity contribution in [3.63, 3.8) is 0 Å². The van der Waals surface area contributed by atoms with E-state index in [0.717, 1.165) is 16.8 Å². The van der Waals surface area contributed by atoms with Gasteiger partial charge in [0.1, 0.15) is 12.7 Å². The van der Waals surface area contributed by atoms with E-state index < -0.39 is 0 Å². The smallest absolute Gasteiger partial charge is 0.246 e. The van der Waals surface area contributed by atoms with Crippen molar-refractivity contribution in [2.75, 3.05) is 20.8 Å². The van der Waals surface area contributed by atoms with Gasteiger partial charge in [-0.05, 0) is 55.3 Å². The second kappa shape index (κ2) is 9.73. The number of carbonyl (C=O) groups excluding carboxylic acids is 1. The minimum atomic E-state index is -0.0865. The van der Waals surface area contributed by atoms with Crippen LogP contribution in [-0.4, -0.2) is 46.3 Å². The minimum absolute atomic E-state index is 0.0817. The SMILES string of the molecule is CCOc1cc(/C=C/C(=O)N(C)[C@H](C)c2ccc(-n3cncn3)cc2)ccc1OC. The predicted octanol–water partition coefficient (Wildman–Crippen LogP) is 3.91. The van der Waals surface area contributed by atoms with Crippen molar-refractivity contribution in [2.45, 2.75) is 19.9 Å². The molecule has 0 saturated carbocycles. The van der Waals surface area contributed by atoms with E-state index in [4.69, 9.17) is 9.47 Å². The van der Waals surface area contributed by atoms with Crippen LogP contribution in [0, 0.1) is 0 Å². The van der Waals surface area contributed by atoms with Crippen molar-refractivity contribution in [3.8, 4) is 17.2 Å². The molecule has 1 atom stereocenters. The van der Waals surface area contributed by atoms with Gasteiger partial charge < -0.3 is 14.4 Å². The standard InChI is InChI=1S/C23H26N4O3/c1-5-30-22-14-18(6-12-21(22)29-4)7-13-23(28)26(3)17(2)19-8-10-20(11-9-19)27-16-24-15-25-27/h6-17H,5H2,1-4H3/b13-7+/t17-/m1/s1. The molecule has 7 heteroatoms. The molecule has 30 heavy (non-hydrogen) atoms. The number of rotatable bonds is 8. The van der Waals surface area contributed by atoms with E-state index in [0.29, 0.717) is 18.1 Å². The Morgan fingerprint density at radius 2 is 1.97 bits per heavy atom. The molecule has 0 aliphatic carbocycles. The largest absolute Gasteiger partial charge is 0.493 e. The number of hydrogen-bond donors (Lipinski definition) is 0. The van der Waals surface area contributed by atoms with Crippen molar-refractivity contribution in [3.05, 3.63) is 72.3 Å². The van der Waals surface area contributed by atoms with E-state index in [1.54, 1.807) is 42.2 Å². The van der Waals surface area contributed by atoms with Crippen LogP contribution in [-0.2, 0) is 4.79 Å². The zero-order valence-electron chi connectivity index (χ0n) is 17.6. The molecule has 0 aliphatic rings. The van der Waals surface area contributed by atoms with Gasteiger partial charge >= 0.3 is 0 Å². The van der Waals surface area contributed by atoms with Gasteiger partial charge in [0.2, 0.25) is 5.91 Å². The Morgan fingerprint density at radius 3 is 2.60 bits per heavy atom. The van der Waals surface area contributed by atoms with Crippen LogP contribution in [0.5, 0.6) is 11.5 Å². The molecule has 3 aromatic rings. The molecule has 0 fully saturated rings. The highest BCUT2D eigenvalue weighted by atomic mass is 16.5. The molecule has 1 aromatic heterocycles. The number of carbonyl (C=O) groups is 1. The first-order valence-electron chi connectivity index (χ1n) is 9.74. The van der Waals surface area contributed by atoms with Gasteiger partial charge in [0, 0.05) is 13.1 Å². The Hall–Kier alpha value is -3.61. The van der Waals surface area contributed by atoms with E-state index in [-0.39, 0.29) is 11.9 Å². The summed E-state index contributed by atoms with van der Waals surface area (Å²) in [6.07, 6.45) is 6.49. The van der Waals surface area contributed by atoms with Gasteiger partial charge in [-0.1, -0.05) is 18.2 Å². The number of benzene rings is 2. The molecule has 0 unspecified atom stereocenters. The lowest BCUT2D eigenvalue weighted by Crippen LogP contribution is -2.27. The summed E-state index contributed by atoms with van der Waals surface area (Å²) in [5.41, 5.74) is 2.82. The maximum atomic E-state index is 12.7. The molecule has 2 aromatic carbocycles. The van der Waals surface area contributed by atoms with Crippen LogP contribution < -0.4 is 9.47 Å². The molecule has 156 valence electrons. The zero-order chi connectivity index (χ0) is 21.5. The summed E-state index contributed by atoms with van der Waals surface area (Å²) in [5, 5.41) is 4.12. The molecular weight excluding hydrogens is 380 g/mol. The van der Waals surface area contributed by atoms with E-state index in [1.807, 2.05) is 56.3 Å². The highest BCUT2D eigenvalue weighted by Gasteiger charge is 2.15. The fraction of sp³-hybridized carbons (Fsp3) is 0.261. The summed E-state index contributed by atoms with van der Waals surface area (Å²) < 4.78 is 12.6. The second-order valence-corrected chi connectivity index (χ2v) is 6.73. The van der Waals surface area contributed by atoms with Gasteiger partial charge in [-0.2, -0.15) is 5.10 Å². The van der Waals surface area contributed by atoms with Gasteiger partial charge in [-0.3, -0.25) is 4.79 Å². The van der Waals surface area contributed by atoms with Crippen LogP contribution >= 0.6 is 0 Å². The molecule has 0 N–H and O–H groups in total. The van der Waals surface area contributed by atoms with Crippen LogP contribution in [0.3, 0.4) is 0 Å². The van der Waals surface area contributed by atoms with E-state index in [2.05, 4.69) is 10.1 Å².